The van der Waals surface area contributed by atoms with Gasteiger partial charge in [0, 0.05) is 11.3 Å². The van der Waals surface area contributed by atoms with Crippen molar-refractivity contribution >= 4 is 61.6 Å². The van der Waals surface area contributed by atoms with E-state index in [1.165, 1.54) is 0 Å². The van der Waals surface area contributed by atoms with Gasteiger partial charge in [-0.25, -0.2) is 16.8 Å². The third-order valence-corrected chi connectivity index (χ3v) is 14.5. The molecule has 0 aliphatic heterocycles. The van der Waals surface area contributed by atoms with Gasteiger partial charge in [-0.1, -0.05) is 18.2 Å². The van der Waals surface area contributed by atoms with Crippen LogP contribution in [0.5, 0.6) is 0 Å². The first kappa shape index (κ1) is 47.3. The number of carbonyl (C=O) groups excluding carboxylic acids is 4. The molecule has 0 heterocycles. The largest absolute Gasteiger partial charge is 0.481 e. The summed E-state index contributed by atoms with van der Waals surface area (Å²) in [5, 5.41) is 8.45. The van der Waals surface area contributed by atoms with Crippen LogP contribution < -0.4 is 5.73 Å². The number of allylic oxidation sites excluding steroid dienone is 2. The topological polar surface area (TPSA) is 218 Å². The van der Waals surface area contributed by atoms with Crippen LogP contribution >= 0.6 is 12.4 Å². The number of carbonyl (C=O) groups is 5. The van der Waals surface area contributed by atoms with E-state index in [9.17, 15) is 40.8 Å². The molecule has 0 amide bonds. The summed E-state index contributed by atoms with van der Waals surface area (Å²) in [6, 6.07) is 0. The van der Waals surface area contributed by atoms with Crippen molar-refractivity contribution in [1.29, 1.82) is 0 Å². The van der Waals surface area contributed by atoms with Crippen LogP contribution in [0, 0.1) is 28.6 Å². The van der Waals surface area contributed by atoms with Crippen LogP contribution in [-0.2, 0) is 53.1 Å². The Morgan fingerprint density at radius 3 is 1.31 bits per heavy atom. The van der Waals surface area contributed by atoms with Gasteiger partial charge in [0.15, 0.2) is 31.2 Å². The van der Waals surface area contributed by atoms with Crippen molar-refractivity contribution in [3.63, 3.8) is 0 Å². The zero-order valence-corrected chi connectivity index (χ0v) is 34.7. The Kier molecular flexibility index (Phi) is 14.6. The van der Waals surface area contributed by atoms with Crippen molar-refractivity contribution in [2.24, 2.45) is 34.3 Å². The molecule has 16 heteroatoms. The van der Waals surface area contributed by atoms with Gasteiger partial charge >= 0.3 is 17.9 Å². The normalized spacial score (nSPS) is 29.5. The molecule has 0 saturated heterocycles. The Morgan fingerprint density at radius 2 is 1.02 bits per heavy atom. The van der Waals surface area contributed by atoms with E-state index >= 15 is 0 Å². The smallest absolute Gasteiger partial charge is 0.310 e. The van der Waals surface area contributed by atoms with Crippen LogP contribution in [-0.4, -0.2) is 90.2 Å². The average Bonchev–Trinajstić information content (AvgIpc) is 3.78. The van der Waals surface area contributed by atoms with Crippen molar-refractivity contribution in [3.8, 4) is 0 Å². The minimum Gasteiger partial charge on any atom is -0.481 e. The Labute approximate surface area is 326 Å². The fourth-order valence-corrected chi connectivity index (χ4v) is 9.82. The lowest BCUT2D eigenvalue weighted by atomic mass is 9.94. The quantitative estimate of drug-likeness (QED) is 0.162. The summed E-state index contributed by atoms with van der Waals surface area (Å²) in [6.07, 6.45) is 8.87. The lowest BCUT2D eigenvalue weighted by molar-refractivity contribution is -0.161. The highest BCUT2D eigenvalue weighted by molar-refractivity contribution is 7.93. The molecule has 0 aromatic heterocycles. The predicted molar refractivity (Wildman–Crippen MR) is 206 cm³/mol. The number of hydrogen-bond donors (Lipinski definition) is 2. The Bertz CT molecular complexity index is 1740. The standard InChI is InChI=1S/C16H24O5S.C12H18O4.C10H15NO3S.ClH/c1-5-11-8-16(11,9-14(18)21-15(2,3)4)13(17)10-22(19,20)12-6-7-12;1-5-8-6-12(8,10(14)15)7-9(13)16-11(2,3)4;1-2-7-5-10(7,11)9(12)6-15(13,14)8-3-4-8;/h5,11-12H,1,6-10H2,2-4H3;5,8H,1,6-7H2,2-4H3,(H,14,15);2,7-8H,1,3-6,11H2;1H/t11-,16-;8-,12-;7-,10-;/m111./s1. The molecule has 5 fully saturated rings. The summed E-state index contributed by atoms with van der Waals surface area (Å²) < 4.78 is 57.6. The Hall–Kier alpha value is -2.88. The second kappa shape index (κ2) is 16.7. The van der Waals surface area contributed by atoms with Gasteiger partial charge < -0.3 is 20.3 Å². The minimum atomic E-state index is -3.37. The molecule has 5 saturated carbocycles. The van der Waals surface area contributed by atoms with Crippen molar-refractivity contribution in [2.75, 3.05) is 11.5 Å². The summed E-state index contributed by atoms with van der Waals surface area (Å²) in [5.74, 6) is -3.73. The summed E-state index contributed by atoms with van der Waals surface area (Å²) in [7, 11) is -6.59. The van der Waals surface area contributed by atoms with Crippen LogP contribution in [0.2, 0.25) is 0 Å². The van der Waals surface area contributed by atoms with Crippen LogP contribution in [0.25, 0.3) is 0 Å². The van der Waals surface area contributed by atoms with Gasteiger partial charge in [0.2, 0.25) is 0 Å². The molecule has 54 heavy (non-hydrogen) atoms. The number of hydrogen-bond acceptors (Lipinski definition) is 12. The molecule has 13 nitrogen and oxygen atoms in total. The molecule has 0 radical (unpaired) electrons. The molecule has 0 aromatic rings. The summed E-state index contributed by atoms with van der Waals surface area (Å²) in [6.45, 7) is 21.4. The van der Waals surface area contributed by atoms with Gasteiger partial charge in [0.25, 0.3) is 0 Å². The molecule has 3 N–H and O–H groups in total. The van der Waals surface area contributed by atoms with Crippen LogP contribution in [0.15, 0.2) is 38.0 Å². The molecule has 6 atom stereocenters. The second-order valence-electron chi connectivity index (χ2n) is 17.2. The van der Waals surface area contributed by atoms with E-state index in [0.717, 1.165) is 0 Å². The maximum absolute atomic E-state index is 12.5. The van der Waals surface area contributed by atoms with E-state index in [1.807, 2.05) is 0 Å². The van der Waals surface area contributed by atoms with Gasteiger partial charge in [-0.2, -0.15) is 0 Å². The van der Waals surface area contributed by atoms with Crippen molar-refractivity contribution in [3.05, 3.63) is 38.0 Å². The zero-order valence-electron chi connectivity index (χ0n) is 32.3. The first-order valence-electron chi connectivity index (χ1n) is 17.9. The third-order valence-electron chi connectivity index (χ3n) is 10.2. The number of sulfone groups is 2. The van der Waals surface area contributed by atoms with Gasteiger partial charge in [-0.15, -0.1) is 32.1 Å². The monoisotopic (exact) mass is 819 g/mol. The minimum absolute atomic E-state index is 0. The fourth-order valence-electron chi connectivity index (χ4n) is 6.36. The maximum atomic E-state index is 12.5. The number of esters is 2. The molecular weight excluding hydrogens is 762 g/mol. The predicted octanol–water partition coefficient (Wildman–Crippen LogP) is 4.51. The van der Waals surface area contributed by atoms with Crippen LogP contribution in [0.3, 0.4) is 0 Å². The number of halogens is 1. The number of carboxylic acid groups (broad SMARTS) is 1. The molecule has 306 valence electrons. The number of carboxylic acids is 1. The number of rotatable bonds is 16. The molecule has 0 spiro atoms. The number of aliphatic carboxylic acids is 1. The second-order valence-corrected chi connectivity index (χ2v) is 21.7. The molecular formula is C38H58ClNO12S2. The van der Waals surface area contributed by atoms with Crippen molar-refractivity contribution in [1.82, 2.24) is 0 Å². The molecule has 0 unspecified atom stereocenters. The maximum Gasteiger partial charge on any atom is 0.310 e. The first-order valence-corrected chi connectivity index (χ1v) is 21.4. The molecule has 5 rings (SSSR count). The lowest BCUT2D eigenvalue weighted by Crippen LogP contribution is -2.40. The molecule has 5 aliphatic rings. The van der Waals surface area contributed by atoms with E-state index in [0.29, 0.717) is 44.9 Å². The van der Waals surface area contributed by atoms with Gasteiger partial charge in [0.05, 0.1) is 34.3 Å². The van der Waals surface area contributed by atoms with E-state index in [2.05, 4.69) is 19.7 Å². The molecule has 0 bridgehead atoms. The highest BCUT2D eigenvalue weighted by Crippen LogP contribution is 2.58. The number of ketones is 2. The highest BCUT2D eigenvalue weighted by atomic mass is 35.5. The average molecular weight is 820 g/mol. The summed E-state index contributed by atoms with van der Waals surface area (Å²) in [5.41, 5.74) is 1.75. The molecule has 0 aromatic carbocycles. The van der Waals surface area contributed by atoms with Gasteiger partial charge in [-0.05, 0) is 98.3 Å². The Morgan fingerprint density at radius 1 is 0.667 bits per heavy atom. The van der Waals surface area contributed by atoms with E-state index in [1.54, 1.807) is 59.8 Å². The number of Topliss-reactive ketones (excluding diaryl/α,β-unsaturated/α-hetero) is 2. The van der Waals surface area contributed by atoms with Crippen LogP contribution in [0.1, 0.15) is 99.3 Å². The SMILES string of the molecule is C=C[C@@H]1C[C@]1(CC(=O)OC(C)(C)C)C(=O)CS(=O)(=O)C1CC1.C=C[C@@H]1C[C@]1(CC(=O)OC(C)(C)C)C(=O)O.C=C[C@@H]1C[C@]1(N)C(=O)CS(=O)(=O)C1CC1.Cl. The zero-order chi connectivity index (χ0) is 40.6. The highest BCUT2D eigenvalue weighted by Gasteiger charge is 2.61. The van der Waals surface area contributed by atoms with Gasteiger partial charge in [-0.3, -0.25) is 24.0 Å². The molecule has 5 aliphatic carbocycles. The van der Waals surface area contributed by atoms with Crippen LogP contribution in [0.4, 0.5) is 0 Å². The summed E-state index contributed by atoms with van der Waals surface area (Å²) >= 11 is 0. The van der Waals surface area contributed by atoms with E-state index in [4.69, 9.17) is 20.3 Å². The van der Waals surface area contributed by atoms with E-state index < -0.39 is 76.7 Å². The van der Waals surface area contributed by atoms with Gasteiger partial charge in [0.1, 0.15) is 22.7 Å². The first-order chi connectivity index (χ1) is 24.1. The number of ether oxygens (including phenoxy) is 2. The Balaban J connectivity index is 0.000000284. The van der Waals surface area contributed by atoms with E-state index in [-0.39, 0.29) is 65.1 Å². The number of nitrogens with two attached hydrogens (primary N) is 1. The van der Waals surface area contributed by atoms with Crippen molar-refractivity contribution < 1.29 is 55.4 Å². The lowest BCUT2D eigenvalue weighted by Gasteiger charge is -2.22. The summed E-state index contributed by atoms with van der Waals surface area (Å²) in [4.78, 5) is 58.9. The third kappa shape index (κ3) is 12.3. The fraction of sp³-hybridized carbons (Fsp3) is 0.711. The van der Waals surface area contributed by atoms with Crippen molar-refractivity contribution in [2.45, 2.75) is 127 Å².